The van der Waals surface area contributed by atoms with Crippen LogP contribution in [0.2, 0.25) is 10.0 Å². The minimum Gasteiger partial charge on any atom is -0.464 e. The molecule has 0 saturated heterocycles. The van der Waals surface area contributed by atoms with Crippen LogP contribution in [-0.4, -0.2) is 34.3 Å². The number of carbonyl (C=O) groups excluding carboxylic acids is 2. The van der Waals surface area contributed by atoms with Crippen LogP contribution >= 0.6 is 23.2 Å². The maximum atomic E-state index is 13.4. The van der Waals surface area contributed by atoms with E-state index in [1.165, 1.54) is 4.90 Å². The zero-order valence-corrected chi connectivity index (χ0v) is 20.4. The molecule has 1 heterocycles. The summed E-state index contributed by atoms with van der Waals surface area (Å²) in [6, 6.07) is 17.7. The average molecular weight is 488 g/mol. The Morgan fingerprint density at radius 3 is 2.30 bits per heavy atom. The highest BCUT2D eigenvalue weighted by Gasteiger charge is 2.24. The number of amides is 3. The van der Waals surface area contributed by atoms with Crippen LogP contribution in [0.25, 0.3) is 0 Å². The first-order chi connectivity index (χ1) is 15.7. The Bertz CT molecular complexity index is 1100. The molecule has 2 aromatic carbocycles. The van der Waals surface area contributed by atoms with Crippen molar-refractivity contribution in [1.29, 1.82) is 0 Å². The number of hydrogen-bond donors (Lipinski definition) is 1. The van der Waals surface area contributed by atoms with Gasteiger partial charge in [0.15, 0.2) is 0 Å². The molecule has 0 aliphatic rings. The monoisotopic (exact) mass is 487 g/mol. The van der Waals surface area contributed by atoms with E-state index in [0.717, 1.165) is 11.3 Å². The van der Waals surface area contributed by atoms with Crippen LogP contribution < -0.4 is 5.32 Å². The Hall–Kier alpha value is -2.96. The van der Waals surface area contributed by atoms with Crippen LogP contribution in [0.15, 0.2) is 65.1 Å². The molecule has 0 fully saturated rings. The SMILES string of the molecule is Cc1ccc(CN(Cc2ccccc2)C(=O)CN(C(=O)Nc2ccc(Cl)c(Cl)c2)C(C)C)o1. The molecule has 1 aromatic heterocycles. The number of nitrogens with zero attached hydrogens (tertiary/aromatic N) is 2. The molecule has 0 bridgehead atoms. The van der Waals surface area contributed by atoms with Gasteiger partial charge >= 0.3 is 6.03 Å². The lowest BCUT2D eigenvalue weighted by atomic mass is 10.2. The highest BCUT2D eigenvalue weighted by Crippen LogP contribution is 2.25. The Kier molecular flexibility index (Phi) is 8.42. The quantitative estimate of drug-likeness (QED) is 0.401. The van der Waals surface area contributed by atoms with Crippen molar-refractivity contribution in [2.45, 2.75) is 39.9 Å². The van der Waals surface area contributed by atoms with Crippen molar-refractivity contribution in [1.82, 2.24) is 9.80 Å². The summed E-state index contributed by atoms with van der Waals surface area (Å²) in [6.07, 6.45) is 0. The fraction of sp³-hybridized carbons (Fsp3) is 0.280. The van der Waals surface area contributed by atoms with E-state index in [4.69, 9.17) is 27.6 Å². The molecule has 0 aliphatic carbocycles. The number of anilines is 1. The molecule has 0 saturated carbocycles. The normalized spacial score (nSPS) is 10.8. The summed E-state index contributed by atoms with van der Waals surface area (Å²) in [6.45, 7) is 6.21. The average Bonchev–Trinajstić information content (AvgIpc) is 3.19. The van der Waals surface area contributed by atoms with Crippen molar-refractivity contribution in [3.8, 4) is 0 Å². The Balaban J connectivity index is 1.75. The molecule has 174 valence electrons. The fourth-order valence-electron chi connectivity index (χ4n) is 3.30. The molecule has 3 amide bonds. The molecule has 1 N–H and O–H groups in total. The van der Waals surface area contributed by atoms with Crippen LogP contribution in [0.3, 0.4) is 0 Å². The highest BCUT2D eigenvalue weighted by atomic mass is 35.5. The number of urea groups is 1. The minimum atomic E-state index is -0.398. The van der Waals surface area contributed by atoms with Gasteiger partial charge < -0.3 is 19.5 Å². The molecule has 6 nitrogen and oxygen atoms in total. The van der Waals surface area contributed by atoms with E-state index in [-0.39, 0.29) is 18.5 Å². The topological polar surface area (TPSA) is 65.8 Å². The molecule has 3 aromatic rings. The maximum Gasteiger partial charge on any atom is 0.322 e. The van der Waals surface area contributed by atoms with Crippen LogP contribution in [-0.2, 0) is 17.9 Å². The number of nitrogens with one attached hydrogen (secondary N) is 1. The van der Waals surface area contributed by atoms with E-state index in [1.54, 1.807) is 23.1 Å². The molecule has 0 aliphatic heterocycles. The predicted molar refractivity (Wildman–Crippen MR) is 131 cm³/mol. The molecular formula is C25H27Cl2N3O3. The number of aryl methyl sites for hydroxylation is 1. The van der Waals surface area contributed by atoms with E-state index in [2.05, 4.69) is 5.32 Å². The summed E-state index contributed by atoms with van der Waals surface area (Å²) in [5, 5.41) is 3.53. The first-order valence-electron chi connectivity index (χ1n) is 10.6. The smallest absolute Gasteiger partial charge is 0.322 e. The number of benzene rings is 2. The minimum absolute atomic E-state index is 0.0860. The van der Waals surface area contributed by atoms with Gasteiger partial charge in [0, 0.05) is 18.3 Å². The van der Waals surface area contributed by atoms with Crippen molar-refractivity contribution in [3.63, 3.8) is 0 Å². The Morgan fingerprint density at radius 2 is 1.70 bits per heavy atom. The van der Waals surface area contributed by atoms with Crippen LogP contribution in [0.4, 0.5) is 10.5 Å². The molecule has 3 rings (SSSR count). The third-order valence-corrected chi connectivity index (χ3v) is 5.81. The molecule has 0 radical (unpaired) electrons. The van der Waals surface area contributed by atoms with Gasteiger partial charge in [0.1, 0.15) is 18.1 Å². The van der Waals surface area contributed by atoms with E-state index >= 15 is 0 Å². The van der Waals surface area contributed by atoms with Crippen molar-refractivity contribution in [2.75, 3.05) is 11.9 Å². The van der Waals surface area contributed by atoms with E-state index in [9.17, 15) is 9.59 Å². The Morgan fingerprint density at radius 1 is 0.970 bits per heavy atom. The number of rotatable bonds is 8. The lowest BCUT2D eigenvalue weighted by Gasteiger charge is -2.30. The molecule has 8 heteroatoms. The lowest BCUT2D eigenvalue weighted by molar-refractivity contribution is -0.133. The number of furan rings is 1. The molecule has 0 spiro atoms. The van der Waals surface area contributed by atoms with E-state index < -0.39 is 6.03 Å². The fourth-order valence-corrected chi connectivity index (χ4v) is 3.60. The van der Waals surface area contributed by atoms with Crippen LogP contribution in [0.1, 0.15) is 30.9 Å². The van der Waals surface area contributed by atoms with Gasteiger partial charge in [-0.15, -0.1) is 0 Å². The molecule has 0 atom stereocenters. The summed E-state index contributed by atoms with van der Waals surface area (Å²) in [5.41, 5.74) is 1.49. The van der Waals surface area contributed by atoms with Crippen molar-refractivity contribution >= 4 is 40.8 Å². The van der Waals surface area contributed by atoms with Gasteiger partial charge in [-0.2, -0.15) is 0 Å². The summed E-state index contributed by atoms with van der Waals surface area (Å²) in [4.78, 5) is 29.5. The van der Waals surface area contributed by atoms with Crippen LogP contribution in [0, 0.1) is 6.92 Å². The van der Waals surface area contributed by atoms with Gasteiger partial charge in [0.05, 0.1) is 16.6 Å². The largest absolute Gasteiger partial charge is 0.464 e. The molecule has 33 heavy (non-hydrogen) atoms. The van der Waals surface area contributed by atoms with Gasteiger partial charge in [0.25, 0.3) is 0 Å². The van der Waals surface area contributed by atoms with E-state index in [1.807, 2.05) is 63.2 Å². The predicted octanol–water partition coefficient (Wildman–Crippen LogP) is 6.37. The first-order valence-corrected chi connectivity index (χ1v) is 11.4. The lowest BCUT2D eigenvalue weighted by Crippen LogP contribution is -2.47. The zero-order valence-electron chi connectivity index (χ0n) is 18.8. The highest BCUT2D eigenvalue weighted by molar-refractivity contribution is 6.42. The van der Waals surface area contributed by atoms with Crippen LogP contribution in [0.5, 0.6) is 0 Å². The van der Waals surface area contributed by atoms with Gasteiger partial charge in [-0.1, -0.05) is 53.5 Å². The standard InChI is InChI=1S/C25H27Cl2N3O3/c1-17(2)30(25(32)28-20-10-12-22(26)23(27)13-20)16-24(31)29(14-19-7-5-4-6-8-19)15-21-11-9-18(3)33-21/h4-13,17H,14-16H2,1-3H3,(H,28,32). The summed E-state index contributed by atoms with van der Waals surface area (Å²) >= 11 is 12.0. The number of halogens is 2. The molecular weight excluding hydrogens is 461 g/mol. The zero-order chi connectivity index (χ0) is 24.0. The summed E-state index contributed by atoms with van der Waals surface area (Å²) in [7, 11) is 0. The van der Waals surface area contributed by atoms with Crippen molar-refractivity contribution < 1.29 is 14.0 Å². The third-order valence-electron chi connectivity index (χ3n) is 5.07. The third kappa shape index (κ3) is 7.01. The van der Waals surface area contributed by atoms with Gasteiger partial charge in [-0.25, -0.2) is 4.79 Å². The molecule has 0 unspecified atom stereocenters. The second-order valence-electron chi connectivity index (χ2n) is 8.03. The van der Waals surface area contributed by atoms with Gasteiger partial charge in [0.2, 0.25) is 5.91 Å². The first kappa shape index (κ1) is 24.7. The van der Waals surface area contributed by atoms with Crippen molar-refractivity contribution in [2.24, 2.45) is 0 Å². The van der Waals surface area contributed by atoms with Gasteiger partial charge in [-0.3, -0.25) is 4.79 Å². The Labute approximate surface area is 204 Å². The van der Waals surface area contributed by atoms with Gasteiger partial charge in [-0.05, 0) is 56.7 Å². The van der Waals surface area contributed by atoms with E-state index in [0.29, 0.717) is 34.6 Å². The van der Waals surface area contributed by atoms with Crippen molar-refractivity contribution in [3.05, 3.63) is 87.8 Å². The summed E-state index contributed by atoms with van der Waals surface area (Å²) in [5.74, 6) is 1.28. The second-order valence-corrected chi connectivity index (χ2v) is 8.84. The number of carbonyl (C=O) groups is 2. The summed E-state index contributed by atoms with van der Waals surface area (Å²) < 4.78 is 5.69. The second kappa shape index (κ2) is 11.3. The number of hydrogen-bond acceptors (Lipinski definition) is 3. The maximum absolute atomic E-state index is 13.4.